The first kappa shape index (κ1) is 28.4. The number of ether oxygens (including phenoxy) is 4. The van der Waals surface area contributed by atoms with Crippen LogP contribution in [0.15, 0.2) is 43.4 Å². The molecule has 12 nitrogen and oxygen atoms in total. The van der Waals surface area contributed by atoms with Gasteiger partial charge in [0.15, 0.2) is 0 Å². The molecule has 5 rings (SSSR count). The van der Waals surface area contributed by atoms with Gasteiger partial charge in [-0.3, -0.25) is 38.4 Å². The molecule has 0 radical (unpaired) electrons. The van der Waals surface area contributed by atoms with Gasteiger partial charge in [0.25, 0.3) is 0 Å². The minimum atomic E-state index is -0.825. The molecule has 0 saturated carbocycles. The Morgan fingerprint density at radius 3 is 0.786 bits per heavy atom. The van der Waals surface area contributed by atoms with Crippen molar-refractivity contribution in [2.45, 2.75) is 27.7 Å². The molecular formula is C28H16O12S2. The van der Waals surface area contributed by atoms with Gasteiger partial charge in [-0.05, 0) is 24.3 Å². The zero-order valence-corrected chi connectivity index (χ0v) is 23.7. The predicted octanol–water partition coefficient (Wildman–Crippen LogP) is 3.00. The van der Waals surface area contributed by atoms with Gasteiger partial charge in [-0.15, -0.1) is 22.7 Å². The van der Waals surface area contributed by atoms with Crippen LogP contribution < -0.4 is 40.7 Å². The van der Waals surface area contributed by atoms with Gasteiger partial charge in [0.2, 0.25) is 21.7 Å². The van der Waals surface area contributed by atoms with Crippen molar-refractivity contribution in [2.75, 3.05) is 0 Å². The van der Waals surface area contributed by atoms with Gasteiger partial charge < -0.3 is 18.9 Å². The minimum absolute atomic E-state index is 0.237. The van der Waals surface area contributed by atoms with Crippen molar-refractivity contribution in [2.24, 2.45) is 0 Å². The first-order valence-electron chi connectivity index (χ1n) is 11.9. The zero-order chi connectivity index (χ0) is 30.6. The maximum absolute atomic E-state index is 13.8. The largest absolute Gasteiger partial charge is 0.426 e. The maximum atomic E-state index is 13.8. The number of benzene rings is 4. The molecule has 42 heavy (non-hydrogen) atoms. The third-order valence-corrected chi connectivity index (χ3v) is 8.46. The Labute approximate surface area is 240 Å². The van der Waals surface area contributed by atoms with Crippen molar-refractivity contribution in [3.8, 4) is 23.0 Å². The van der Waals surface area contributed by atoms with Crippen LogP contribution in [0, 0.1) is 0 Å². The molecule has 1 heterocycles. The summed E-state index contributed by atoms with van der Waals surface area (Å²) in [7, 11) is 0. The van der Waals surface area contributed by atoms with Crippen LogP contribution in [-0.2, 0) is 19.2 Å². The van der Waals surface area contributed by atoms with E-state index in [1.807, 2.05) is 0 Å². The third kappa shape index (κ3) is 4.65. The number of carbonyl (C=O) groups is 4. The summed E-state index contributed by atoms with van der Waals surface area (Å²) in [6.45, 7) is 4.35. The molecule has 0 N–H and O–H groups in total. The third-order valence-electron chi connectivity index (χ3n) is 5.83. The van der Waals surface area contributed by atoms with Gasteiger partial charge in [-0.1, -0.05) is 0 Å². The molecule has 0 amide bonds. The van der Waals surface area contributed by atoms with Crippen molar-refractivity contribution in [3.05, 3.63) is 65.2 Å². The van der Waals surface area contributed by atoms with E-state index in [2.05, 4.69) is 0 Å². The molecule has 1 aromatic heterocycles. The molecule has 0 atom stereocenters. The van der Waals surface area contributed by atoms with Crippen molar-refractivity contribution in [1.29, 1.82) is 0 Å². The van der Waals surface area contributed by atoms with Gasteiger partial charge >= 0.3 is 23.9 Å². The lowest BCUT2D eigenvalue weighted by molar-refractivity contribution is -0.132. The number of hydrogen-bond donors (Lipinski definition) is 0. The average Bonchev–Trinajstić information content (AvgIpc) is 2.89. The lowest BCUT2D eigenvalue weighted by Gasteiger charge is -2.12. The summed E-state index contributed by atoms with van der Waals surface area (Å²) in [6.07, 6.45) is 0. The molecule has 212 valence electrons. The fourth-order valence-corrected chi connectivity index (χ4v) is 6.86. The smallest absolute Gasteiger partial charge is 0.308 e. The van der Waals surface area contributed by atoms with E-state index in [0.29, 0.717) is 22.7 Å². The summed E-state index contributed by atoms with van der Waals surface area (Å²) in [5.41, 5.74) is -3.30. The number of esters is 4. The predicted molar refractivity (Wildman–Crippen MR) is 154 cm³/mol. The van der Waals surface area contributed by atoms with E-state index in [-0.39, 0.29) is 63.3 Å². The summed E-state index contributed by atoms with van der Waals surface area (Å²) in [4.78, 5) is 102. The first-order chi connectivity index (χ1) is 19.8. The van der Waals surface area contributed by atoms with Crippen LogP contribution in [0.25, 0.3) is 40.3 Å². The van der Waals surface area contributed by atoms with E-state index in [1.54, 1.807) is 0 Å². The van der Waals surface area contributed by atoms with Gasteiger partial charge in [-0.2, -0.15) is 0 Å². The Morgan fingerprint density at radius 1 is 0.429 bits per heavy atom. The van der Waals surface area contributed by atoms with Crippen LogP contribution in [0.1, 0.15) is 27.7 Å². The van der Waals surface area contributed by atoms with Crippen LogP contribution in [0.4, 0.5) is 0 Å². The van der Waals surface area contributed by atoms with E-state index in [4.69, 9.17) is 18.9 Å². The van der Waals surface area contributed by atoms with Crippen LogP contribution in [-0.4, -0.2) is 23.9 Å². The molecule has 0 saturated heterocycles. The Bertz CT molecular complexity index is 1980. The molecule has 0 spiro atoms. The fourth-order valence-electron chi connectivity index (χ4n) is 4.43. The monoisotopic (exact) mass is 608 g/mol. The highest BCUT2D eigenvalue weighted by Crippen LogP contribution is 2.37. The minimum Gasteiger partial charge on any atom is -0.426 e. The molecule has 0 bridgehead atoms. The Kier molecular flexibility index (Phi) is 7.04. The van der Waals surface area contributed by atoms with E-state index in [9.17, 15) is 38.4 Å². The number of fused-ring (bicyclic) bond motifs is 4. The SMILES string of the molecule is CC(=O)Oc1ccc(OC(C)=O)c2c(=O)c3sc4c(=O)c5c(OC(C)=O)ccc(OC(C)=O)c5c(=O)c4sc3c(=O)c12. The molecule has 0 unspecified atom stereocenters. The van der Waals surface area contributed by atoms with Crippen LogP contribution in [0.2, 0.25) is 0 Å². The summed E-state index contributed by atoms with van der Waals surface area (Å²) in [6, 6.07) is 4.75. The summed E-state index contributed by atoms with van der Waals surface area (Å²) >= 11 is 1.09. The zero-order valence-electron chi connectivity index (χ0n) is 22.0. The molecule has 4 aromatic carbocycles. The summed E-state index contributed by atoms with van der Waals surface area (Å²) in [5.74, 6) is -4.27. The highest BCUT2D eigenvalue weighted by Gasteiger charge is 2.26. The highest BCUT2D eigenvalue weighted by molar-refractivity contribution is 7.36. The van der Waals surface area contributed by atoms with Gasteiger partial charge in [0.05, 0.1) is 40.3 Å². The number of rotatable bonds is 4. The normalized spacial score (nSPS) is 11.1. The molecular weight excluding hydrogens is 592 g/mol. The second-order valence-corrected chi connectivity index (χ2v) is 10.9. The Hall–Kier alpha value is -5.08. The summed E-state index contributed by atoms with van der Waals surface area (Å²) < 4.78 is 19.6. The fraction of sp³-hybridized carbons (Fsp3) is 0.143. The second-order valence-electron chi connectivity index (χ2n) is 8.84. The quantitative estimate of drug-likeness (QED) is 0.166. The molecule has 0 aliphatic heterocycles. The van der Waals surface area contributed by atoms with Gasteiger partial charge in [-0.25, -0.2) is 0 Å². The van der Waals surface area contributed by atoms with Crippen molar-refractivity contribution >= 4 is 86.9 Å². The van der Waals surface area contributed by atoms with Crippen LogP contribution in [0.5, 0.6) is 23.0 Å². The van der Waals surface area contributed by atoms with Gasteiger partial charge in [0, 0.05) is 27.7 Å². The first-order valence-corrected chi connectivity index (χ1v) is 13.5. The standard InChI is InChI=1S/C28H16O12S2/c1-9(29)37-13-5-6-14(38-10(2)30)18-17(13)21(33)25-26(22(18)34)42-28-24(36)20-16(40-12(4)32)8-7-15(39-11(3)31)19(20)23(35)27(28)41-25/h5-8H,1-4H3. The Morgan fingerprint density at radius 2 is 0.619 bits per heavy atom. The van der Waals surface area contributed by atoms with Crippen molar-refractivity contribution in [1.82, 2.24) is 0 Å². The highest BCUT2D eigenvalue weighted by atomic mass is 32.1. The topological polar surface area (TPSA) is 173 Å². The number of hydrogen-bond acceptors (Lipinski definition) is 14. The lowest BCUT2D eigenvalue weighted by Crippen LogP contribution is -2.18. The van der Waals surface area contributed by atoms with E-state index in [1.165, 1.54) is 24.3 Å². The van der Waals surface area contributed by atoms with E-state index in [0.717, 1.165) is 27.7 Å². The van der Waals surface area contributed by atoms with E-state index < -0.39 is 45.6 Å². The molecule has 14 heteroatoms. The molecule has 0 aliphatic carbocycles. The average molecular weight is 609 g/mol. The Balaban J connectivity index is 2.03. The van der Waals surface area contributed by atoms with Gasteiger partial charge in [0.1, 0.15) is 23.0 Å². The van der Waals surface area contributed by atoms with Crippen LogP contribution >= 0.6 is 22.7 Å². The number of carbonyl (C=O) groups excluding carboxylic acids is 4. The summed E-state index contributed by atoms with van der Waals surface area (Å²) in [5, 5.41) is -1.45. The van der Waals surface area contributed by atoms with Crippen LogP contribution in [0.3, 0.4) is 0 Å². The van der Waals surface area contributed by atoms with Crippen molar-refractivity contribution < 1.29 is 38.1 Å². The molecule has 0 fully saturated rings. The maximum Gasteiger partial charge on any atom is 0.308 e. The second kappa shape index (κ2) is 10.4. The molecule has 0 aliphatic rings. The lowest BCUT2D eigenvalue weighted by atomic mass is 10.1. The molecule has 5 aromatic rings. The van der Waals surface area contributed by atoms with Crippen molar-refractivity contribution in [3.63, 3.8) is 0 Å². The van der Waals surface area contributed by atoms with E-state index >= 15 is 0 Å².